The van der Waals surface area contributed by atoms with Gasteiger partial charge in [0, 0.05) is 18.0 Å². The van der Waals surface area contributed by atoms with E-state index in [1.54, 1.807) is 24.5 Å². The fourth-order valence-electron chi connectivity index (χ4n) is 3.05. The second-order valence-corrected chi connectivity index (χ2v) is 6.22. The Morgan fingerprint density at radius 2 is 2.04 bits per heavy atom. The lowest BCUT2D eigenvalue weighted by Gasteiger charge is -2.24. The molecular formula is C19H14FN5O2. The van der Waals surface area contributed by atoms with Gasteiger partial charge in [-0.25, -0.2) is 4.39 Å². The lowest BCUT2D eigenvalue weighted by molar-refractivity contribution is -0.00116. The first-order valence-electron chi connectivity index (χ1n) is 8.44. The minimum Gasteiger partial charge on any atom is -0.365 e. The molecule has 0 saturated heterocycles. The van der Waals surface area contributed by atoms with Crippen LogP contribution >= 0.6 is 0 Å². The minimum atomic E-state index is -0.266. The molecular weight excluding hydrogens is 349 g/mol. The third-order valence-corrected chi connectivity index (χ3v) is 4.44. The molecule has 8 heteroatoms. The smallest absolute Gasteiger partial charge is 0.278 e. The Hall–Kier alpha value is -3.39. The van der Waals surface area contributed by atoms with Crippen LogP contribution in [0.2, 0.25) is 0 Å². The van der Waals surface area contributed by atoms with E-state index in [2.05, 4.69) is 20.2 Å². The van der Waals surface area contributed by atoms with Gasteiger partial charge in [0.2, 0.25) is 5.82 Å². The first-order valence-corrected chi connectivity index (χ1v) is 8.44. The van der Waals surface area contributed by atoms with E-state index in [9.17, 15) is 4.39 Å². The van der Waals surface area contributed by atoms with Crippen LogP contribution in [-0.2, 0) is 17.9 Å². The van der Waals surface area contributed by atoms with Gasteiger partial charge < -0.3 is 9.26 Å². The number of fused-ring (bicyclic) bond motifs is 1. The molecule has 1 atom stereocenters. The van der Waals surface area contributed by atoms with Gasteiger partial charge in [-0.15, -0.1) is 0 Å². The molecule has 0 fully saturated rings. The molecule has 3 aromatic heterocycles. The van der Waals surface area contributed by atoms with Gasteiger partial charge in [0.25, 0.3) is 5.89 Å². The number of nitrogens with zero attached hydrogens (tertiary/aromatic N) is 5. The van der Waals surface area contributed by atoms with Gasteiger partial charge in [-0.1, -0.05) is 17.3 Å². The van der Waals surface area contributed by atoms with Crippen LogP contribution in [0.5, 0.6) is 0 Å². The number of pyridine rings is 1. The van der Waals surface area contributed by atoms with E-state index in [1.165, 1.54) is 12.1 Å². The average molecular weight is 363 g/mol. The van der Waals surface area contributed by atoms with Crippen LogP contribution in [0, 0.1) is 5.82 Å². The van der Waals surface area contributed by atoms with Crippen LogP contribution in [-0.4, -0.2) is 24.9 Å². The number of benzene rings is 1. The summed E-state index contributed by atoms with van der Waals surface area (Å²) in [5.41, 5.74) is 3.20. The Balaban J connectivity index is 1.40. The number of hydrogen-bond donors (Lipinski definition) is 0. The van der Waals surface area contributed by atoms with Crippen LogP contribution in [0.3, 0.4) is 0 Å². The fourth-order valence-corrected chi connectivity index (χ4v) is 3.05. The van der Waals surface area contributed by atoms with E-state index in [0.29, 0.717) is 30.6 Å². The summed E-state index contributed by atoms with van der Waals surface area (Å²) >= 11 is 0. The van der Waals surface area contributed by atoms with Crippen LogP contribution < -0.4 is 0 Å². The molecule has 4 aromatic rings. The van der Waals surface area contributed by atoms with Gasteiger partial charge in [-0.05, 0) is 35.9 Å². The summed E-state index contributed by atoms with van der Waals surface area (Å²) in [6.07, 6.45) is 3.18. The molecule has 0 spiro atoms. The summed E-state index contributed by atoms with van der Waals surface area (Å²) in [5, 5.41) is 8.57. The Labute approximate surface area is 153 Å². The average Bonchev–Trinajstić information content (AvgIpc) is 3.36. The van der Waals surface area contributed by atoms with E-state index in [4.69, 9.17) is 9.26 Å². The molecule has 0 saturated carbocycles. The molecule has 7 nitrogen and oxygen atoms in total. The van der Waals surface area contributed by atoms with E-state index >= 15 is 0 Å². The number of ether oxygens (including phenoxy) is 1. The first kappa shape index (κ1) is 15.8. The van der Waals surface area contributed by atoms with Crippen molar-refractivity contribution in [3.8, 4) is 23.0 Å². The Morgan fingerprint density at radius 1 is 1.15 bits per heavy atom. The second-order valence-electron chi connectivity index (χ2n) is 6.22. The lowest BCUT2D eigenvalue weighted by Crippen LogP contribution is -2.21. The highest BCUT2D eigenvalue weighted by Crippen LogP contribution is 2.29. The molecule has 1 aromatic carbocycles. The molecule has 1 aliphatic heterocycles. The maximum absolute atomic E-state index is 13.1. The zero-order valence-electron chi connectivity index (χ0n) is 14.1. The van der Waals surface area contributed by atoms with Gasteiger partial charge in [0.15, 0.2) is 5.69 Å². The minimum absolute atomic E-state index is 0.181. The Morgan fingerprint density at radius 3 is 2.85 bits per heavy atom. The predicted molar refractivity (Wildman–Crippen MR) is 92.7 cm³/mol. The predicted octanol–water partition coefficient (Wildman–Crippen LogP) is 3.41. The third kappa shape index (κ3) is 3.00. The molecule has 0 radical (unpaired) electrons. The van der Waals surface area contributed by atoms with Crippen molar-refractivity contribution in [2.75, 3.05) is 0 Å². The van der Waals surface area contributed by atoms with Crippen molar-refractivity contribution in [3.63, 3.8) is 0 Å². The van der Waals surface area contributed by atoms with Crippen LogP contribution in [0.4, 0.5) is 4.39 Å². The molecule has 0 bridgehead atoms. The number of hydrogen-bond acceptors (Lipinski definition) is 6. The number of rotatable bonds is 3. The highest BCUT2D eigenvalue weighted by atomic mass is 19.1. The molecule has 0 amide bonds. The topological polar surface area (TPSA) is 78.9 Å². The van der Waals surface area contributed by atoms with Gasteiger partial charge in [0.1, 0.15) is 11.9 Å². The summed E-state index contributed by atoms with van der Waals surface area (Å²) in [6, 6.07) is 11.9. The van der Waals surface area contributed by atoms with Crippen molar-refractivity contribution in [1.82, 2.24) is 24.9 Å². The number of halogens is 1. The molecule has 4 heterocycles. The summed E-state index contributed by atoms with van der Waals surface area (Å²) < 4.78 is 26.2. The Kier molecular flexibility index (Phi) is 3.75. The zero-order chi connectivity index (χ0) is 18.2. The highest BCUT2D eigenvalue weighted by molar-refractivity contribution is 5.56. The van der Waals surface area contributed by atoms with E-state index in [-0.39, 0.29) is 11.9 Å². The quantitative estimate of drug-likeness (QED) is 0.555. The summed E-state index contributed by atoms with van der Waals surface area (Å²) in [6.45, 7) is 0.934. The third-order valence-electron chi connectivity index (χ3n) is 4.44. The van der Waals surface area contributed by atoms with Gasteiger partial charge in [-0.3, -0.25) is 9.67 Å². The van der Waals surface area contributed by atoms with Gasteiger partial charge in [-0.2, -0.15) is 10.1 Å². The highest BCUT2D eigenvalue weighted by Gasteiger charge is 2.24. The van der Waals surface area contributed by atoms with Crippen LogP contribution in [0.15, 0.2) is 59.4 Å². The number of aromatic nitrogens is 5. The molecule has 0 N–H and O–H groups in total. The van der Waals surface area contributed by atoms with Crippen molar-refractivity contribution >= 4 is 0 Å². The van der Waals surface area contributed by atoms with Crippen molar-refractivity contribution < 1.29 is 13.7 Å². The monoisotopic (exact) mass is 363 g/mol. The largest absolute Gasteiger partial charge is 0.365 e. The van der Waals surface area contributed by atoms with Crippen molar-refractivity contribution in [2.45, 2.75) is 19.3 Å². The molecule has 27 heavy (non-hydrogen) atoms. The molecule has 0 unspecified atom stereocenters. The zero-order valence-corrected chi connectivity index (χ0v) is 14.1. The second kappa shape index (κ2) is 6.40. The van der Waals surface area contributed by atoms with Crippen molar-refractivity contribution in [2.24, 2.45) is 0 Å². The van der Waals surface area contributed by atoms with Crippen molar-refractivity contribution in [3.05, 3.63) is 71.9 Å². The maximum Gasteiger partial charge on any atom is 0.278 e. The van der Waals surface area contributed by atoms with E-state index in [0.717, 1.165) is 16.8 Å². The molecule has 5 rings (SSSR count). The van der Waals surface area contributed by atoms with E-state index < -0.39 is 0 Å². The molecule has 134 valence electrons. The standard InChI is InChI=1S/C19H14FN5O2/c20-14-5-3-12(4-6-14)17-10-25-15(11-26-17)8-16(23-25)19-22-18(24-27-19)13-2-1-7-21-9-13/h1-9,17H,10-11H2/t17-/m0/s1. The summed E-state index contributed by atoms with van der Waals surface area (Å²) in [4.78, 5) is 8.46. The fraction of sp³-hybridized carbons (Fsp3) is 0.158. The first-order chi connectivity index (χ1) is 13.3. The van der Waals surface area contributed by atoms with Crippen LogP contribution in [0.1, 0.15) is 17.4 Å². The summed E-state index contributed by atoms with van der Waals surface area (Å²) in [5.74, 6) is 0.538. The SMILES string of the molecule is Fc1ccc([C@@H]2Cn3nc(-c4nc(-c5cccnc5)no4)cc3CO2)cc1. The Bertz CT molecular complexity index is 1080. The van der Waals surface area contributed by atoms with Gasteiger partial charge >= 0.3 is 0 Å². The van der Waals surface area contributed by atoms with Gasteiger partial charge in [0.05, 0.1) is 18.8 Å². The van der Waals surface area contributed by atoms with Crippen molar-refractivity contribution in [1.29, 1.82) is 0 Å². The molecule has 1 aliphatic rings. The molecule has 0 aliphatic carbocycles. The van der Waals surface area contributed by atoms with Crippen LogP contribution in [0.25, 0.3) is 23.0 Å². The summed E-state index contributed by atoms with van der Waals surface area (Å²) in [7, 11) is 0. The van der Waals surface area contributed by atoms with E-state index in [1.807, 2.05) is 22.9 Å². The normalized spacial score (nSPS) is 16.3. The maximum atomic E-state index is 13.1. The lowest BCUT2D eigenvalue weighted by atomic mass is 10.1.